The largest absolute Gasteiger partial charge is 0.379 e. The summed E-state index contributed by atoms with van der Waals surface area (Å²) in [5, 5.41) is 0. The number of hydrogen-bond donors (Lipinski definition) is 0. The van der Waals surface area contributed by atoms with Crippen molar-refractivity contribution in [3.8, 4) is 0 Å². The molecular weight excluding hydrogens is 210 g/mol. The maximum atomic E-state index is 5.38. The smallest absolute Gasteiger partial charge is 0.0594 e. The van der Waals surface area contributed by atoms with E-state index in [1.54, 1.807) is 0 Å². The summed E-state index contributed by atoms with van der Waals surface area (Å²) in [7, 11) is 0. The maximum Gasteiger partial charge on any atom is 0.0594 e. The Kier molecular flexibility index (Phi) is 5.46. The fraction of sp³-hybridized carbons (Fsp3) is 1.00. The highest BCUT2D eigenvalue weighted by atomic mass is 16.5. The summed E-state index contributed by atoms with van der Waals surface area (Å²) in [6.45, 7) is 17.3. The number of hydrogen-bond acceptors (Lipinski definition) is 2. The van der Waals surface area contributed by atoms with Crippen LogP contribution in [0.1, 0.15) is 53.9 Å². The second-order valence-corrected chi connectivity index (χ2v) is 6.68. The first-order chi connectivity index (χ1) is 7.89. The van der Waals surface area contributed by atoms with Crippen LogP contribution in [-0.2, 0) is 4.74 Å². The highest BCUT2D eigenvalue weighted by Gasteiger charge is 2.34. The molecule has 1 rings (SSSR count). The van der Waals surface area contributed by atoms with Crippen molar-refractivity contribution in [3.05, 3.63) is 0 Å². The summed E-state index contributed by atoms with van der Waals surface area (Å²) in [5.74, 6) is 0. The molecule has 0 spiro atoms. The van der Waals surface area contributed by atoms with E-state index < -0.39 is 0 Å². The van der Waals surface area contributed by atoms with Gasteiger partial charge in [-0.05, 0) is 30.2 Å². The van der Waals surface area contributed by atoms with Crippen molar-refractivity contribution in [2.24, 2.45) is 10.8 Å². The molecule has 0 atom stereocenters. The Morgan fingerprint density at radius 3 is 2.12 bits per heavy atom. The van der Waals surface area contributed by atoms with Gasteiger partial charge >= 0.3 is 0 Å². The molecule has 0 unspecified atom stereocenters. The van der Waals surface area contributed by atoms with Crippen LogP contribution in [0.5, 0.6) is 0 Å². The molecule has 1 aliphatic heterocycles. The topological polar surface area (TPSA) is 12.5 Å². The van der Waals surface area contributed by atoms with Crippen molar-refractivity contribution >= 4 is 0 Å². The molecule has 0 aromatic rings. The lowest BCUT2D eigenvalue weighted by Crippen LogP contribution is -2.38. The molecule has 0 N–H and O–H groups in total. The van der Waals surface area contributed by atoms with E-state index in [1.165, 1.54) is 25.8 Å². The monoisotopic (exact) mass is 241 g/mol. The van der Waals surface area contributed by atoms with Crippen molar-refractivity contribution in [3.63, 3.8) is 0 Å². The van der Waals surface area contributed by atoms with Gasteiger partial charge in [0.2, 0.25) is 0 Å². The second-order valence-electron chi connectivity index (χ2n) is 6.68. The van der Waals surface area contributed by atoms with E-state index in [0.717, 1.165) is 26.3 Å². The zero-order valence-corrected chi connectivity index (χ0v) is 12.5. The Morgan fingerprint density at radius 2 is 1.59 bits per heavy atom. The van der Waals surface area contributed by atoms with Gasteiger partial charge in [-0.1, -0.05) is 41.0 Å². The second kappa shape index (κ2) is 6.19. The zero-order chi connectivity index (χ0) is 12.9. The van der Waals surface area contributed by atoms with E-state index in [2.05, 4.69) is 39.5 Å². The lowest BCUT2D eigenvalue weighted by Gasteiger charge is -2.42. The Hall–Kier alpha value is -0.0800. The van der Waals surface area contributed by atoms with Gasteiger partial charge in [-0.2, -0.15) is 0 Å². The third-order valence-corrected chi connectivity index (χ3v) is 5.10. The molecule has 1 fully saturated rings. The van der Waals surface area contributed by atoms with Gasteiger partial charge in [0, 0.05) is 13.1 Å². The van der Waals surface area contributed by atoms with Crippen LogP contribution >= 0.6 is 0 Å². The minimum atomic E-state index is 0.439. The van der Waals surface area contributed by atoms with E-state index in [4.69, 9.17) is 4.74 Å². The summed E-state index contributed by atoms with van der Waals surface area (Å²) < 4.78 is 5.38. The number of morpholine rings is 1. The van der Waals surface area contributed by atoms with Gasteiger partial charge in [-0.25, -0.2) is 0 Å². The number of nitrogens with zero attached hydrogens (tertiary/aromatic N) is 1. The van der Waals surface area contributed by atoms with Gasteiger partial charge in [0.15, 0.2) is 0 Å². The molecule has 17 heavy (non-hydrogen) atoms. The standard InChI is InChI=1S/C15H31NO/c1-6-14(2,3)15(4,5)8-7-9-16-10-12-17-13-11-16/h6-13H2,1-5H3. The zero-order valence-electron chi connectivity index (χ0n) is 12.5. The summed E-state index contributed by atoms with van der Waals surface area (Å²) in [6, 6.07) is 0. The van der Waals surface area contributed by atoms with E-state index >= 15 is 0 Å². The molecule has 0 aliphatic carbocycles. The molecule has 0 bridgehead atoms. The van der Waals surface area contributed by atoms with Crippen molar-refractivity contribution < 1.29 is 4.74 Å². The normalized spacial score (nSPS) is 19.6. The van der Waals surface area contributed by atoms with Gasteiger partial charge in [0.05, 0.1) is 13.2 Å². The van der Waals surface area contributed by atoms with Crippen LogP contribution in [0.25, 0.3) is 0 Å². The molecule has 0 aromatic carbocycles. The first kappa shape index (κ1) is 15.0. The maximum absolute atomic E-state index is 5.38. The Morgan fingerprint density at radius 1 is 1.00 bits per heavy atom. The Bertz CT molecular complexity index is 217. The molecule has 1 heterocycles. The lowest BCUT2D eigenvalue weighted by molar-refractivity contribution is 0.0314. The lowest BCUT2D eigenvalue weighted by atomic mass is 9.64. The number of ether oxygens (including phenoxy) is 1. The first-order valence-corrected chi connectivity index (χ1v) is 7.19. The summed E-state index contributed by atoms with van der Waals surface area (Å²) >= 11 is 0. The van der Waals surface area contributed by atoms with Crippen molar-refractivity contribution in [2.75, 3.05) is 32.8 Å². The van der Waals surface area contributed by atoms with E-state index in [0.29, 0.717) is 10.8 Å². The predicted molar refractivity (Wildman–Crippen MR) is 74.3 cm³/mol. The van der Waals surface area contributed by atoms with Crippen LogP contribution in [0.2, 0.25) is 0 Å². The first-order valence-electron chi connectivity index (χ1n) is 7.19. The molecule has 0 saturated carbocycles. The van der Waals surface area contributed by atoms with Crippen LogP contribution in [0.3, 0.4) is 0 Å². The summed E-state index contributed by atoms with van der Waals surface area (Å²) in [5.41, 5.74) is 0.881. The molecule has 2 heteroatoms. The van der Waals surface area contributed by atoms with Gasteiger partial charge < -0.3 is 4.74 Å². The molecule has 102 valence electrons. The van der Waals surface area contributed by atoms with Crippen molar-refractivity contribution in [1.82, 2.24) is 4.90 Å². The van der Waals surface area contributed by atoms with Crippen molar-refractivity contribution in [1.29, 1.82) is 0 Å². The third kappa shape index (κ3) is 4.26. The van der Waals surface area contributed by atoms with Crippen LogP contribution in [-0.4, -0.2) is 37.7 Å². The van der Waals surface area contributed by atoms with Gasteiger partial charge in [-0.15, -0.1) is 0 Å². The average Bonchev–Trinajstić information content (AvgIpc) is 2.30. The van der Waals surface area contributed by atoms with E-state index in [1.807, 2.05) is 0 Å². The molecular formula is C15H31NO. The van der Waals surface area contributed by atoms with Crippen LogP contribution in [0.4, 0.5) is 0 Å². The minimum absolute atomic E-state index is 0.439. The highest BCUT2D eigenvalue weighted by molar-refractivity contribution is 4.85. The Balaban J connectivity index is 2.29. The third-order valence-electron chi connectivity index (χ3n) is 5.10. The SMILES string of the molecule is CCC(C)(C)C(C)(C)CCCN1CCOCC1. The molecule has 1 aliphatic rings. The van der Waals surface area contributed by atoms with E-state index in [9.17, 15) is 0 Å². The molecule has 0 amide bonds. The fourth-order valence-electron chi connectivity index (χ4n) is 2.39. The predicted octanol–water partition coefficient (Wildman–Crippen LogP) is 3.56. The molecule has 1 saturated heterocycles. The molecule has 0 radical (unpaired) electrons. The van der Waals surface area contributed by atoms with E-state index in [-0.39, 0.29) is 0 Å². The fourth-order valence-corrected chi connectivity index (χ4v) is 2.39. The summed E-state index contributed by atoms with van der Waals surface area (Å²) in [6.07, 6.45) is 3.90. The minimum Gasteiger partial charge on any atom is -0.379 e. The van der Waals surface area contributed by atoms with Gasteiger partial charge in [0.1, 0.15) is 0 Å². The number of rotatable bonds is 6. The molecule has 0 aromatic heterocycles. The van der Waals surface area contributed by atoms with Crippen LogP contribution in [0.15, 0.2) is 0 Å². The van der Waals surface area contributed by atoms with Gasteiger partial charge in [-0.3, -0.25) is 4.90 Å². The Labute approximate surface area is 108 Å². The van der Waals surface area contributed by atoms with Crippen LogP contribution in [0, 0.1) is 10.8 Å². The average molecular weight is 241 g/mol. The van der Waals surface area contributed by atoms with Crippen LogP contribution < -0.4 is 0 Å². The highest BCUT2D eigenvalue weighted by Crippen LogP contribution is 2.44. The van der Waals surface area contributed by atoms with Gasteiger partial charge in [0.25, 0.3) is 0 Å². The molecule has 2 nitrogen and oxygen atoms in total. The quantitative estimate of drug-likeness (QED) is 0.705. The van der Waals surface area contributed by atoms with Crippen molar-refractivity contribution in [2.45, 2.75) is 53.9 Å². The summed E-state index contributed by atoms with van der Waals surface area (Å²) in [4.78, 5) is 2.54.